The number of hydrogen-bond donors (Lipinski definition) is 2. The maximum atomic E-state index is 11.7. The van der Waals surface area contributed by atoms with E-state index >= 15 is 0 Å². The smallest absolute Gasteiger partial charge is 0.251 e. The van der Waals surface area contributed by atoms with Crippen LogP contribution < -0.4 is 10.6 Å². The second kappa shape index (κ2) is 5.41. The molecule has 1 aliphatic carbocycles. The molecule has 20 heavy (non-hydrogen) atoms. The lowest BCUT2D eigenvalue weighted by molar-refractivity contribution is 0.0963. The van der Waals surface area contributed by atoms with Crippen molar-refractivity contribution in [3.8, 4) is 0 Å². The predicted molar refractivity (Wildman–Crippen MR) is 77.8 cm³/mol. The first-order valence-corrected chi connectivity index (χ1v) is 6.93. The summed E-state index contributed by atoms with van der Waals surface area (Å²) in [6.07, 6.45) is 4.97. The molecule has 0 fully saturated rings. The van der Waals surface area contributed by atoms with Gasteiger partial charge in [0.2, 0.25) is 0 Å². The molecule has 4 heteroatoms. The first kappa shape index (κ1) is 12.8. The Morgan fingerprint density at radius 1 is 1.35 bits per heavy atom. The molecule has 1 atom stereocenters. The number of carbonyl (C=O) groups excluding carboxylic acids is 1. The molecule has 0 bridgehead atoms. The predicted octanol–water partition coefficient (Wildman–Crippen LogP) is 3.13. The summed E-state index contributed by atoms with van der Waals surface area (Å²) in [6, 6.07) is 9.88. The van der Waals surface area contributed by atoms with Crippen molar-refractivity contribution >= 4 is 11.6 Å². The molecule has 0 radical (unpaired) electrons. The number of hydrogen-bond acceptors (Lipinski definition) is 3. The summed E-state index contributed by atoms with van der Waals surface area (Å²) in [5, 5.41) is 6.14. The van der Waals surface area contributed by atoms with Crippen molar-refractivity contribution in [1.82, 2.24) is 5.32 Å². The zero-order valence-corrected chi connectivity index (χ0v) is 11.5. The molecule has 0 saturated carbocycles. The summed E-state index contributed by atoms with van der Waals surface area (Å²) < 4.78 is 5.50. The van der Waals surface area contributed by atoms with Gasteiger partial charge in [-0.15, -0.1) is 0 Å². The monoisotopic (exact) mass is 270 g/mol. The van der Waals surface area contributed by atoms with E-state index in [1.807, 2.05) is 30.3 Å². The fourth-order valence-electron chi connectivity index (χ4n) is 2.73. The van der Waals surface area contributed by atoms with Gasteiger partial charge in [0.05, 0.1) is 12.3 Å². The van der Waals surface area contributed by atoms with Gasteiger partial charge in [0.15, 0.2) is 0 Å². The Morgan fingerprint density at radius 2 is 2.25 bits per heavy atom. The third-order valence-corrected chi connectivity index (χ3v) is 3.74. The van der Waals surface area contributed by atoms with E-state index in [0.717, 1.165) is 30.7 Å². The molecule has 4 nitrogen and oxygen atoms in total. The molecule has 1 unspecified atom stereocenters. The number of carbonyl (C=O) groups is 1. The van der Waals surface area contributed by atoms with E-state index in [1.54, 1.807) is 13.3 Å². The van der Waals surface area contributed by atoms with Gasteiger partial charge in [-0.1, -0.05) is 6.07 Å². The fourth-order valence-corrected chi connectivity index (χ4v) is 2.73. The molecular formula is C16H18N2O2. The van der Waals surface area contributed by atoms with Crippen LogP contribution >= 0.6 is 0 Å². The minimum Gasteiger partial charge on any atom is -0.469 e. The lowest BCUT2D eigenvalue weighted by Gasteiger charge is -2.24. The topological polar surface area (TPSA) is 54.3 Å². The zero-order valence-electron chi connectivity index (χ0n) is 11.5. The van der Waals surface area contributed by atoms with Gasteiger partial charge >= 0.3 is 0 Å². The molecule has 0 saturated heterocycles. The van der Waals surface area contributed by atoms with Crippen LogP contribution in [0, 0.1) is 0 Å². The van der Waals surface area contributed by atoms with Crippen molar-refractivity contribution in [2.75, 3.05) is 12.4 Å². The van der Waals surface area contributed by atoms with Gasteiger partial charge in [0.25, 0.3) is 5.91 Å². The lowest BCUT2D eigenvalue weighted by atomic mass is 9.93. The first-order chi connectivity index (χ1) is 9.78. The maximum absolute atomic E-state index is 11.7. The van der Waals surface area contributed by atoms with Gasteiger partial charge in [-0.2, -0.15) is 0 Å². The van der Waals surface area contributed by atoms with Crippen LogP contribution in [0.1, 0.15) is 40.6 Å². The highest BCUT2D eigenvalue weighted by molar-refractivity contribution is 5.94. The molecule has 1 heterocycles. The van der Waals surface area contributed by atoms with Crippen LogP contribution in [0.5, 0.6) is 0 Å². The van der Waals surface area contributed by atoms with Crippen molar-refractivity contribution in [1.29, 1.82) is 0 Å². The van der Waals surface area contributed by atoms with Gasteiger partial charge in [0.1, 0.15) is 5.76 Å². The molecule has 2 N–H and O–H groups in total. The summed E-state index contributed by atoms with van der Waals surface area (Å²) in [6.45, 7) is 0. The van der Waals surface area contributed by atoms with Gasteiger partial charge < -0.3 is 15.1 Å². The van der Waals surface area contributed by atoms with E-state index in [-0.39, 0.29) is 11.9 Å². The van der Waals surface area contributed by atoms with E-state index in [9.17, 15) is 4.79 Å². The Hall–Kier alpha value is -2.23. The molecule has 1 aliphatic rings. The molecule has 1 aromatic heterocycles. The number of amides is 1. The average molecular weight is 270 g/mol. The molecule has 3 rings (SSSR count). The Balaban J connectivity index is 1.81. The number of benzene rings is 1. The van der Waals surface area contributed by atoms with Crippen LogP contribution in [-0.2, 0) is 6.42 Å². The van der Waals surface area contributed by atoms with Gasteiger partial charge in [0, 0.05) is 30.3 Å². The number of anilines is 1. The van der Waals surface area contributed by atoms with Crippen LogP contribution in [0.25, 0.3) is 0 Å². The summed E-state index contributed by atoms with van der Waals surface area (Å²) in [7, 11) is 1.64. The number of rotatable bonds is 3. The lowest BCUT2D eigenvalue weighted by Crippen LogP contribution is -2.19. The van der Waals surface area contributed by atoms with Gasteiger partial charge in [-0.3, -0.25) is 4.79 Å². The summed E-state index contributed by atoms with van der Waals surface area (Å²) >= 11 is 0. The molecule has 1 aromatic carbocycles. The standard InChI is InChI=1S/C16H18N2O2/c1-17-16(19)11-4-2-5-12(10-11)18-14-6-3-7-15-13(14)8-9-20-15/h2,4-5,8-10,14,18H,3,6-7H2,1H3,(H,17,19). The fraction of sp³-hybridized carbons (Fsp3) is 0.312. The number of nitrogens with one attached hydrogen (secondary N) is 2. The van der Waals surface area contributed by atoms with E-state index < -0.39 is 0 Å². The third kappa shape index (κ3) is 2.41. The molecule has 0 aliphatic heterocycles. The molecule has 104 valence electrons. The highest BCUT2D eigenvalue weighted by Gasteiger charge is 2.22. The summed E-state index contributed by atoms with van der Waals surface area (Å²) in [5.41, 5.74) is 2.87. The largest absolute Gasteiger partial charge is 0.469 e. The highest BCUT2D eigenvalue weighted by atomic mass is 16.3. The quantitative estimate of drug-likeness (QED) is 0.901. The number of aryl methyl sites for hydroxylation is 1. The Morgan fingerprint density at radius 3 is 3.10 bits per heavy atom. The van der Waals surface area contributed by atoms with E-state index in [2.05, 4.69) is 10.6 Å². The van der Waals surface area contributed by atoms with Crippen LogP contribution in [0.15, 0.2) is 41.0 Å². The molecular weight excluding hydrogens is 252 g/mol. The van der Waals surface area contributed by atoms with E-state index in [1.165, 1.54) is 5.56 Å². The summed E-state index contributed by atoms with van der Waals surface area (Å²) in [4.78, 5) is 11.7. The highest BCUT2D eigenvalue weighted by Crippen LogP contribution is 2.33. The minimum atomic E-state index is -0.0682. The Bertz CT molecular complexity index is 618. The van der Waals surface area contributed by atoms with Crippen molar-refractivity contribution in [3.05, 3.63) is 53.5 Å². The van der Waals surface area contributed by atoms with Crippen LogP contribution in [0.2, 0.25) is 0 Å². The third-order valence-electron chi connectivity index (χ3n) is 3.74. The minimum absolute atomic E-state index is 0.0682. The SMILES string of the molecule is CNC(=O)c1cccc(NC2CCCc3occc32)c1. The maximum Gasteiger partial charge on any atom is 0.251 e. The van der Waals surface area contributed by atoms with Gasteiger partial charge in [-0.25, -0.2) is 0 Å². The molecule has 1 amide bonds. The van der Waals surface area contributed by atoms with Crippen molar-refractivity contribution in [2.45, 2.75) is 25.3 Å². The Kier molecular flexibility index (Phi) is 3.46. The molecule has 0 spiro atoms. The second-order valence-electron chi connectivity index (χ2n) is 5.05. The van der Waals surface area contributed by atoms with Gasteiger partial charge in [-0.05, 0) is 37.1 Å². The van der Waals surface area contributed by atoms with Crippen LogP contribution in [0.3, 0.4) is 0 Å². The number of fused-ring (bicyclic) bond motifs is 1. The number of furan rings is 1. The van der Waals surface area contributed by atoms with Crippen molar-refractivity contribution < 1.29 is 9.21 Å². The van der Waals surface area contributed by atoms with Crippen LogP contribution in [-0.4, -0.2) is 13.0 Å². The Labute approximate surface area is 118 Å². The molecule has 2 aromatic rings. The average Bonchev–Trinajstić information content (AvgIpc) is 2.96. The zero-order chi connectivity index (χ0) is 13.9. The van der Waals surface area contributed by atoms with E-state index in [4.69, 9.17) is 4.42 Å². The van der Waals surface area contributed by atoms with E-state index in [0.29, 0.717) is 5.56 Å². The normalized spacial score (nSPS) is 17.4. The summed E-state index contributed by atoms with van der Waals surface area (Å²) in [5.74, 6) is 1.01. The van der Waals surface area contributed by atoms with Crippen molar-refractivity contribution in [3.63, 3.8) is 0 Å². The van der Waals surface area contributed by atoms with Crippen molar-refractivity contribution in [2.24, 2.45) is 0 Å². The first-order valence-electron chi connectivity index (χ1n) is 6.93. The van der Waals surface area contributed by atoms with Crippen LogP contribution in [0.4, 0.5) is 5.69 Å². The second-order valence-corrected chi connectivity index (χ2v) is 5.05.